The summed E-state index contributed by atoms with van der Waals surface area (Å²) in [5.74, 6) is 0.697. The number of fused-ring (bicyclic) bond motifs is 1. The molecule has 0 fully saturated rings. The number of benzene rings is 1. The van der Waals surface area contributed by atoms with Gasteiger partial charge < -0.3 is 5.32 Å². The highest BCUT2D eigenvalue weighted by Crippen LogP contribution is 2.37. The SMILES string of the molecule is CCCNC(=O)[C@@H]1Cc2ccccc2[C@H]1C. The van der Waals surface area contributed by atoms with Crippen molar-refractivity contribution in [3.8, 4) is 0 Å². The number of nitrogens with one attached hydrogen (secondary N) is 1. The fraction of sp³-hybridized carbons (Fsp3) is 0.500. The van der Waals surface area contributed by atoms with Gasteiger partial charge in [0.15, 0.2) is 0 Å². The van der Waals surface area contributed by atoms with E-state index in [4.69, 9.17) is 0 Å². The smallest absolute Gasteiger partial charge is 0.224 e. The van der Waals surface area contributed by atoms with Crippen molar-refractivity contribution in [3.63, 3.8) is 0 Å². The summed E-state index contributed by atoms with van der Waals surface area (Å²) in [7, 11) is 0. The molecule has 0 unspecified atom stereocenters. The Balaban J connectivity index is 2.09. The number of hydrogen-bond acceptors (Lipinski definition) is 1. The van der Waals surface area contributed by atoms with E-state index in [1.165, 1.54) is 11.1 Å². The van der Waals surface area contributed by atoms with Crippen LogP contribution in [-0.4, -0.2) is 12.5 Å². The van der Waals surface area contributed by atoms with Crippen LogP contribution in [0.5, 0.6) is 0 Å². The molecule has 0 saturated carbocycles. The molecule has 0 bridgehead atoms. The summed E-state index contributed by atoms with van der Waals surface area (Å²) in [5, 5.41) is 3.00. The minimum Gasteiger partial charge on any atom is -0.356 e. The quantitative estimate of drug-likeness (QED) is 0.828. The first-order valence-corrected chi connectivity index (χ1v) is 6.09. The molecule has 16 heavy (non-hydrogen) atoms. The first-order valence-electron chi connectivity index (χ1n) is 6.09. The maximum Gasteiger partial charge on any atom is 0.224 e. The number of hydrogen-bond donors (Lipinski definition) is 1. The molecule has 1 aliphatic carbocycles. The Morgan fingerprint density at radius 2 is 2.19 bits per heavy atom. The van der Waals surface area contributed by atoms with Crippen LogP contribution in [0.25, 0.3) is 0 Å². The third kappa shape index (κ3) is 1.97. The van der Waals surface area contributed by atoms with Crippen molar-refractivity contribution in [2.24, 2.45) is 5.92 Å². The highest BCUT2D eigenvalue weighted by molar-refractivity contribution is 5.81. The molecule has 86 valence electrons. The summed E-state index contributed by atoms with van der Waals surface area (Å²) in [6.07, 6.45) is 1.90. The molecule has 1 aliphatic rings. The predicted molar refractivity (Wildman–Crippen MR) is 65.4 cm³/mol. The second-order valence-corrected chi connectivity index (χ2v) is 4.59. The van der Waals surface area contributed by atoms with E-state index in [0.29, 0.717) is 5.92 Å². The van der Waals surface area contributed by atoms with Gasteiger partial charge in [0.25, 0.3) is 0 Å². The van der Waals surface area contributed by atoms with Gasteiger partial charge in [0.05, 0.1) is 0 Å². The fourth-order valence-electron chi connectivity index (χ4n) is 2.49. The molecule has 1 N–H and O–H groups in total. The van der Waals surface area contributed by atoms with Crippen LogP contribution in [0.2, 0.25) is 0 Å². The van der Waals surface area contributed by atoms with Gasteiger partial charge in [0.2, 0.25) is 5.91 Å². The van der Waals surface area contributed by atoms with Crippen molar-refractivity contribution in [1.29, 1.82) is 0 Å². The second-order valence-electron chi connectivity index (χ2n) is 4.59. The van der Waals surface area contributed by atoms with Gasteiger partial charge in [-0.1, -0.05) is 38.1 Å². The van der Waals surface area contributed by atoms with Crippen molar-refractivity contribution < 1.29 is 4.79 Å². The summed E-state index contributed by atoms with van der Waals surface area (Å²) >= 11 is 0. The van der Waals surface area contributed by atoms with E-state index in [1.54, 1.807) is 0 Å². The Hall–Kier alpha value is -1.31. The maximum absolute atomic E-state index is 12.0. The Labute approximate surface area is 97.1 Å². The maximum atomic E-state index is 12.0. The molecule has 0 saturated heterocycles. The Bertz CT molecular complexity index is 386. The third-order valence-corrected chi connectivity index (χ3v) is 3.48. The molecule has 2 heteroatoms. The summed E-state index contributed by atoms with van der Waals surface area (Å²) < 4.78 is 0. The Kier molecular flexibility index (Phi) is 3.28. The Morgan fingerprint density at radius 3 is 2.88 bits per heavy atom. The van der Waals surface area contributed by atoms with Crippen LogP contribution in [0.4, 0.5) is 0 Å². The molecule has 0 radical (unpaired) electrons. The highest BCUT2D eigenvalue weighted by Gasteiger charge is 2.33. The zero-order chi connectivity index (χ0) is 11.5. The van der Waals surface area contributed by atoms with Crippen LogP contribution in [0.3, 0.4) is 0 Å². The van der Waals surface area contributed by atoms with Crippen LogP contribution in [0, 0.1) is 5.92 Å². The van der Waals surface area contributed by atoms with Gasteiger partial charge in [0, 0.05) is 12.5 Å². The normalized spacial score (nSPS) is 22.9. The van der Waals surface area contributed by atoms with Crippen molar-refractivity contribution >= 4 is 5.91 Å². The zero-order valence-electron chi connectivity index (χ0n) is 9.99. The van der Waals surface area contributed by atoms with Gasteiger partial charge >= 0.3 is 0 Å². The number of amides is 1. The molecule has 1 amide bonds. The van der Waals surface area contributed by atoms with E-state index in [2.05, 4.69) is 43.4 Å². The molecule has 2 rings (SSSR count). The minimum absolute atomic E-state index is 0.129. The lowest BCUT2D eigenvalue weighted by Gasteiger charge is -2.15. The second kappa shape index (κ2) is 4.69. The summed E-state index contributed by atoms with van der Waals surface area (Å²) in [6.45, 7) is 5.02. The van der Waals surface area contributed by atoms with Gasteiger partial charge in [-0.25, -0.2) is 0 Å². The molecule has 1 aromatic carbocycles. The number of carbonyl (C=O) groups is 1. The fourth-order valence-corrected chi connectivity index (χ4v) is 2.49. The largest absolute Gasteiger partial charge is 0.356 e. The van der Waals surface area contributed by atoms with Gasteiger partial charge in [-0.2, -0.15) is 0 Å². The van der Waals surface area contributed by atoms with Crippen molar-refractivity contribution in [2.45, 2.75) is 32.6 Å². The van der Waals surface area contributed by atoms with E-state index < -0.39 is 0 Å². The van der Waals surface area contributed by atoms with Crippen LogP contribution >= 0.6 is 0 Å². The summed E-state index contributed by atoms with van der Waals surface area (Å²) in [5.41, 5.74) is 2.69. The highest BCUT2D eigenvalue weighted by atomic mass is 16.1. The van der Waals surface area contributed by atoms with Crippen molar-refractivity contribution in [1.82, 2.24) is 5.32 Å². The van der Waals surface area contributed by atoms with Gasteiger partial charge in [-0.05, 0) is 29.9 Å². The van der Waals surface area contributed by atoms with Crippen molar-refractivity contribution in [3.05, 3.63) is 35.4 Å². The van der Waals surface area contributed by atoms with Gasteiger partial charge in [-0.3, -0.25) is 4.79 Å². The van der Waals surface area contributed by atoms with E-state index in [0.717, 1.165) is 19.4 Å². The standard InChI is InChI=1S/C14H19NO/c1-3-8-15-14(16)13-9-11-6-4-5-7-12(11)10(13)2/h4-7,10,13H,3,8-9H2,1-2H3,(H,15,16)/t10-,13-/m1/s1. The lowest BCUT2D eigenvalue weighted by molar-refractivity contribution is -0.125. The minimum atomic E-state index is 0.129. The van der Waals surface area contributed by atoms with Gasteiger partial charge in [0.1, 0.15) is 0 Å². The molecule has 1 aromatic rings. The van der Waals surface area contributed by atoms with E-state index in [-0.39, 0.29) is 11.8 Å². The van der Waals surface area contributed by atoms with Gasteiger partial charge in [-0.15, -0.1) is 0 Å². The first-order chi connectivity index (χ1) is 7.74. The molecule has 0 spiro atoms. The van der Waals surface area contributed by atoms with E-state index in [9.17, 15) is 4.79 Å². The molecule has 2 nitrogen and oxygen atoms in total. The topological polar surface area (TPSA) is 29.1 Å². The average molecular weight is 217 g/mol. The van der Waals surface area contributed by atoms with Crippen LogP contribution in [0.15, 0.2) is 24.3 Å². The lowest BCUT2D eigenvalue weighted by Crippen LogP contribution is -2.32. The van der Waals surface area contributed by atoms with Crippen molar-refractivity contribution in [2.75, 3.05) is 6.54 Å². The number of rotatable bonds is 3. The molecular weight excluding hydrogens is 198 g/mol. The van der Waals surface area contributed by atoms with Crippen LogP contribution in [0.1, 0.15) is 37.3 Å². The molecule has 0 heterocycles. The molecule has 0 aliphatic heterocycles. The Morgan fingerprint density at radius 1 is 1.44 bits per heavy atom. The molecule has 0 aromatic heterocycles. The summed E-state index contributed by atoms with van der Waals surface area (Å²) in [6, 6.07) is 8.39. The first kappa shape index (κ1) is 11.2. The monoisotopic (exact) mass is 217 g/mol. The molecule has 2 atom stereocenters. The third-order valence-electron chi connectivity index (χ3n) is 3.48. The zero-order valence-corrected chi connectivity index (χ0v) is 9.99. The lowest BCUT2D eigenvalue weighted by atomic mass is 9.94. The predicted octanol–water partition coefficient (Wildman–Crippen LogP) is 2.49. The van der Waals surface area contributed by atoms with E-state index in [1.807, 2.05) is 0 Å². The van der Waals surface area contributed by atoms with Crippen LogP contribution in [-0.2, 0) is 11.2 Å². The average Bonchev–Trinajstić information content (AvgIpc) is 2.64. The van der Waals surface area contributed by atoms with Crippen LogP contribution < -0.4 is 5.32 Å². The summed E-state index contributed by atoms with van der Waals surface area (Å²) in [4.78, 5) is 12.0. The van der Waals surface area contributed by atoms with E-state index >= 15 is 0 Å². The molecular formula is C14H19NO. The number of carbonyl (C=O) groups excluding carboxylic acids is 1.